The van der Waals surface area contributed by atoms with Crippen LogP contribution in [0.2, 0.25) is 0 Å². The normalized spacial score (nSPS) is 22.9. The Labute approximate surface area is 91.8 Å². The molecule has 1 fully saturated rings. The summed E-state index contributed by atoms with van der Waals surface area (Å²) in [4.78, 5) is 13.7. The smallest absolute Gasteiger partial charge is 0.326 e. The SMILES string of the molecule is COC(=O)C(C)(N)CN1CCCCCC1. The Morgan fingerprint density at radius 3 is 2.33 bits per heavy atom. The number of nitrogens with two attached hydrogens (primary N) is 1. The number of hydrogen-bond donors (Lipinski definition) is 1. The summed E-state index contributed by atoms with van der Waals surface area (Å²) in [6, 6.07) is 0. The second kappa shape index (κ2) is 5.47. The number of nitrogens with zero attached hydrogens (tertiary/aromatic N) is 1. The van der Waals surface area contributed by atoms with E-state index in [0.717, 1.165) is 13.1 Å². The van der Waals surface area contributed by atoms with E-state index in [-0.39, 0.29) is 5.97 Å². The molecule has 0 saturated carbocycles. The molecule has 0 aromatic carbocycles. The molecule has 88 valence electrons. The minimum Gasteiger partial charge on any atom is -0.468 e. The Morgan fingerprint density at radius 2 is 1.87 bits per heavy atom. The summed E-state index contributed by atoms with van der Waals surface area (Å²) in [7, 11) is 1.38. The molecule has 0 aromatic rings. The molecular weight excluding hydrogens is 192 g/mol. The number of hydrogen-bond acceptors (Lipinski definition) is 4. The number of esters is 1. The highest BCUT2D eigenvalue weighted by Crippen LogP contribution is 2.13. The maximum absolute atomic E-state index is 11.4. The zero-order valence-electron chi connectivity index (χ0n) is 9.79. The Bertz CT molecular complexity index is 209. The van der Waals surface area contributed by atoms with Gasteiger partial charge in [0.05, 0.1) is 7.11 Å². The molecule has 0 aromatic heterocycles. The van der Waals surface area contributed by atoms with Gasteiger partial charge in [0.25, 0.3) is 0 Å². The maximum Gasteiger partial charge on any atom is 0.326 e. The minimum absolute atomic E-state index is 0.327. The van der Waals surface area contributed by atoms with Crippen LogP contribution in [0.15, 0.2) is 0 Å². The second-order valence-corrected chi connectivity index (χ2v) is 4.60. The van der Waals surface area contributed by atoms with E-state index >= 15 is 0 Å². The van der Waals surface area contributed by atoms with E-state index in [4.69, 9.17) is 10.5 Å². The van der Waals surface area contributed by atoms with Gasteiger partial charge in [0.2, 0.25) is 0 Å². The third kappa shape index (κ3) is 3.80. The van der Waals surface area contributed by atoms with E-state index in [2.05, 4.69) is 4.90 Å². The molecule has 0 spiro atoms. The summed E-state index contributed by atoms with van der Waals surface area (Å²) in [5.41, 5.74) is 5.06. The van der Waals surface area contributed by atoms with Crippen LogP contribution < -0.4 is 5.73 Å². The number of carbonyl (C=O) groups is 1. The van der Waals surface area contributed by atoms with Crippen LogP contribution in [0.1, 0.15) is 32.6 Å². The molecule has 1 heterocycles. The zero-order chi connectivity index (χ0) is 11.3. The van der Waals surface area contributed by atoms with Gasteiger partial charge in [0.1, 0.15) is 5.54 Å². The Hall–Kier alpha value is -0.610. The summed E-state index contributed by atoms with van der Waals surface area (Å²) < 4.78 is 4.70. The van der Waals surface area contributed by atoms with Crippen LogP contribution in [0.4, 0.5) is 0 Å². The average molecular weight is 214 g/mol. The number of carbonyl (C=O) groups excluding carboxylic acids is 1. The number of rotatable bonds is 3. The van der Waals surface area contributed by atoms with Crippen molar-refractivity contribution >= 4 is 5.97 Å². The summed E-state index contributed by atoms with van der Waals surface area (Å²) in [5.74, 6) is -0.327. The van der Waals surface area contributed by atoms with Gasteiger partial charge >= 0.3 is 5.97 Å². The minimum atomic E-state index is -0.876. The van der Waals surface area contributed by atoms with E-state index in [1.165, 1.54) is 32.8 Å². The van der Waals surface area contributed by atoms with Gasteiger partial charge in [-0.15, -0.1) is 0 Å². The zero-order valence-corrected chi connectivity index (χ0v) is 9.79. The fourth-order valence-corrected chi connectivity index (χ4v) is 2.06. The summed E-state index contributed by atoms with van der Waals surface area (Å²) >= 11 is 0. The van der Waals surface area contributed by atoms with Crippen LogP contribution in [-0.2, 0) is 9.53 Å². The van der Waals surface area contributed by atoms with Crippen molar-refractivity contribution in [3.63, 3.8) is 0 Å². The first-order chi connectivity index (χ1) is 7.06. The Balaban J connectivity index is 2.47. The molecule has 0 amide bonds. The van der Waals surface area contributed by atoms with Crippen LogP contribution in [0, 0.1) is 0 Å². The molecule has 1 saturated heterocycles. The molecule has 0 aliphatic carbocycles. The predicted octanol–water partition coefficient (Wildman–Crippen LogP) is 0.753. The monoisotopic (exact) mass is 214 g/mol. The first kappa shape index (κ1) is 12.5. The van der Waals surface area contributed by atoms with Gasteiger partial charge in [0, 0.05) is 6.54 Å². The van der Waals surface area contributed by atoms with Crippen LogP contribution in [0.25, 0.3) is 0 Å². The first-order valence-corrected chi connectivity index (χ1v) is 5.66. The van der Waals surface area contributed by atoms with Gasteiger partial charge in [-0.25, -0.2) is 0 Å². The third-order valence-electron chi connectivity index (χ3n) is 2.90. The van der Waals surface area contributed by atoms with Crippen molar-refractivity contribution in [2.24, 2.45) is 5.73 Å². The lowest BCUT2D eigenvalue weighted by Crippen LogP contribution is -2.54. The standard InChI is InChI=1S/C11H22N2O2/c1-11(12,10(14)15-2)9-13-7-5-3-4-6-8-13/h3-9,12H2,1-2H3. The number of ether oxygens (including phenoxy) is 1. The van der Waals surface area contributed by atoms with Crippen molar-refractivity contribution < 1.29 is 9.53 Å². The first-order valence-electron chi connectivity index (χ1n) is 5.66. The lowest BCUT2D eigenvalue weighted by molar-refractivity contribution is -0.147. The van der Waals surface area contributed by atoms with E-state index < -0.39 is 5.54 Å². The molecule has 1 unspecified atom stereocenters. The van der Waals surface area contributed by atoms with E-state index in [1.54, 1.807) is 6.92 Å². The van der Waals surface area contributed by atoms with Crippen molar-refractivity contribution in [2.75, 3.05) is 26.7 Å². The highest BCUT2D eigenvalue weighted by Gasteiger charge is 2.31. The van der Waals surface area contributed by atoms with Gasteiger partial charge in [-0.3, -0.25) is 4.79 Å². The van der Waals surface area contributed by atoms with Gasteiger partial charge in [0.15, 0.2) is 0 Å². The molecule has 0 radical (unpaired) electrons. The van der Waals surface area contributed by atoms with Crippen LogP contribution >= 0.6 is 0 Å². The molecule has 1 rings (SSSR count). The molecule has 4 heteroatoms. The summed E-state index contributed by atoms with van der Waals surface area (Å²) in [6.07, 6.45) is 4.99. The number of likely N-dealkylation sites (tertiary alicyclic amines) is 1. The van der Waals surface area contributed by atoms with Crippen molar-refractivity contribution in [1.29, 1.82) is 0 Å². The fraction of sp³-hybridized carbons (Fsp3) is 0.909. The molecule has 1 aliphatic rings. The maximum atomic E-state index is 11.4. The Kier molecular flexibility index (Phi) is 4.54. The molecule has 15 heavy (non-hydrogen) atoms. The van der Waals surface area contributed by atoms with Crippen molar-refractivity contribution in [3.05, 3.63) is 0 Å². The lowest BCUT2D eigenvalue weighted by atomic mass is 10.0. The highest BCUT2D eigenvalue weighted by molar-refractivity contribution is 5.80. The second-order valence-electron chi connectivity index (χ2n) is 4.60. The topological polar surface area (TPSA) is 55.6 Å². The van der Waals surface area contributed by atoms with E-state index in [1.807, 2.05) is 0 Å². The lowest BCUT2D eigenvalue weighted by Gasteiger charge is -2.29. The summed E-state index contributed by atoms with van der Waals surface area (Å²) in [5, 5.41) is 0. The fourth-order valence-electron chi connectivity index (χ4n) is 2.06. The molecule has 4 nitrogen and oxygen atoms in total. The predicted molar refractivity (Wildman–Crippen MR) is 59.5 cm³/mol. The molecule has 2 N–H and O–H groups in total. The van der Waals surface area contributed by atoms with Gasteiger partial charge < -0.3 is 15.4 Å². The molecule has 0 bridgehead atoms. The van der Waals surface area contributed by atoms with Crippen molar-refractivity contribution in [3.8, 4) is 0 Å². The molecule has 1 aliphatic heterocycles. The quantitative estimate of drug-likeness (QED) is 0.704. The third-order valence-corrected chi connectivity index (χ3v) is 2.90. The average Bonchev–Trinajstić information content (AvgIpc) is 2.44. The largest absolute Gasteiger partial charge is 0.468 e. The van der Waals surface area contributed by atoms with Gasteiger partial charge in [-0.2, -0.15) is 0 Å². The number of methoxy groups -OCH3 is 1. The highest BCUT2D eigenvalue weighted by atomic mass is 16.5. The van der Waals surface area contributed by atoms with Gasteiger partial charge in [-0.1, -0.05) is 12.8 Å². The van der Waals surface area contributed by atoms with E-state index in [9.17, 15) is 4.79 Å². The molecule has 1 atom stereocenters. The van der Waals surface area contributed by atoms with Crippen LogP contribution in [0.3, 0.4) is 0 Å². The Morgan fingerprint density at radius 1 is 1.33 bits per heavy atom. The van der Waals surface area contributed by atoms with Crippen molar-refractivity contribution in [2.45, 2.75) is 38.1 Å². The van der Waals surface area contributed by atoms with Crippen LogP contribution in [-0.4, -0.2) is 43.2 Å². The summed E-state index contributed by atoms with van der Waals surface area (Å²) in [6.45, 7) is 4.43. The van der Waals surface area contributed by atoms with Gasteiger partial charge in [-0.05, 0) is 32.9 Å². The van der Waals surface area contributed by atoms with E-state index in [0.29, 0.717) is 6.54 Å². The molecular formula is C11H22N2O2. The van der Waals surface area contributed by atoms with Crippen molar-refractivity contribution in [1.82, 2.24) is 4.90 Å². The van der Waals surface area contributed by atoms with Crippen LogP contribution in [0.5, 0.6) is 0 Å².